The van der Waals surface area contributed by atoms with E-state index in [4.69, 9.17) is 35.3 Å². The van der Waals surface area contributed by atoms with Crippen molar-refractivity contribution in [1.29, 1.82) is 0 Å². The molecule has 10 nitrogen and oxygen atoms in total. The number of carbonyl (C=O) groups excluding carboxylic acids is 3. The zero-order valence-corrected chi connectivity index (χ0v) is 24.8. The highest BCUT2D eigenvalue weighted by atomic mass is 35.5. The standard InChI is InChI=1S/C32H30ClNO9/c1-17-13-21(35)26(30(37)32(17)31(38)27-23(39-2)15-24(40-3)28(33)29(27)43-32)20(14-25(36)41-4)19-10-5-6-11-22(19)42-16-18-9-7-8-12-34-18/h5-12,15,17,20,37H,13-14,16H2,1-4H3/t17-,20-,32+/m1/s1. The lowest BCUT2D eigenvalue weighted by molar-refractivity contribution is -0.140. The average molecular weight is 608 g/mol. The van der Waals surface area contributed by atoms with Crippen molar-refractivity contribution in [2.45, 2.75) is 37.9 Å². The number of aliphatic hydroxyl groups is 1. The van der Waals surface area contributed by atoms with Gasteiger partial charge in [0.25, 0.3) is 0 Å². The summed E-state index contributed by atoms with van der Waals surface area (Å²) < 4.78 is 28.1. The van der Waals surface area contributed by atoms with Gasteiger partial charge in [-0.3, -0.25) is 19.4 Å². The molecule has 0 amide bonds. The third kappa shape index (κ3) is 5.05. The number of ketones is 2. The molecule has 1 aliphatic carbocycles. The lowest BCUT2D eigenvalue weighted by Gasteiger charge is -2.38. The van der Waals surface area contributed by atoms with E-state index in [1.54, 1.807) is 49.5 Å². The number of methoxy groups -OCH3 is 3. The molecule has 2 aromatic carbocycles. The van der Waals surface area contributed by atoms with Crippen molar-refractivity contribution < 1.29 is 43.2 Å². The minimum Gasteiger partial charge on any atom is -0.507 e. The monoisotopic (exact) mass is 607 g/mol. The molecule has 2 aliphatic rings. The summed E-state index contributed by atoms with van der Waals surface area (Å²) in [4.78, 5) is 45.0. The fourth-order valence-corrected chi connectivity index (χ4v) is 5.96. The van der Waals surface area contributed by atoms with E-state index in [2.05, 4.69) is 4.98 Å². The number of aliphatic hydroxyl groups excluding tert-OH is 1. The van der Waals surface area contributed by atoms with Crippen LogP contribution in [-0.4, -0.2) is 54.6 Å². The summed E-state index contributed by atoms with van der Waals surface area (Å²) >= 11 is 6.56. The summed E-state index contributed by atoms with van der Waals surface area (Å²) in [5.41, 5.74) is -1.05. The zero-order chi connectivity index (χ0) is 30.9. The van der Waals surface area contributed by atoms with Crippen LogP contribution in [0.25, 0.3) is 0 Å². The number of pyridine rings is 1. The Labute approximate surface area is 253 Å². The van der Waals surface area contributed by atoms with E-state index in [1.807, 2.05) is 6.07 Å². The van der Waals surface area contributed by atoms with E-state index in [-0.39, 0.29) is 52.9 Å². The van der Waals surface area contributed by atoms with E-state index in [0.29, 0.717) is 17.0 Å². The Balaban J connectivity index is 1.66. The molecule has 5 rings (SSSR count). The number of fused-ring (bicyclic) bond motifs is 1. The molecule has 1 aliphatic heterocycles. The van der Waals surface area contributed by atoms with Crippen LogP contribution in [0.4, 0.5) is 0 Å². The van der Waals surface area contributed by atoms with Gasteiger partial charge < -0.3 is 28.8 Å². The molecular weight excluding hydrogens is 578 g/mol. The van der Waals surface area contributed by atoms with Crippen molar-refractivity contribution >= 4 is 29.1 Å². The van der Waals surface area contributed by atoms with Crippen LogP contribution >= 0.6 is 11.6 Å². The fraction of sp³-hybridized carbons (Fsp3) is 0.312. The molecule has 1 N–H and O–H groups in total. The highest BCUT2D eigenvalue weighted by Crippen LogP contribution is 2.56. The molecule has 1 spiro atoms. The molecule has 0 bridgehead atoms. The van der Waals surface area contributed by atoms with Crippen LogP contribution in [0.3, 0.4) is 0 Å². The number of benzene rings is 2. The first-order valence-corrected chi connectivity index (χ1v) is 13.9. The van der Waals surface area contributed by atoms with Crippen LogP contribution in [0.5, 0.6) is 23.0 Å². The Hall–Kier alpha value is -4.57. The van der Waals surface area contributed by atoms with Gasteiger partial charge in [-0.15, -0.1) is 0 Å². The van der Waals surface area contributed by atoms with E-state index in [9.17, 15) is 19.5 Å². The van der Waals surface area contributed by atoms with Crippen molar-refractivity contribution in [2.75, 3.05) is 21.3 Å². The number of carbonyl (C=O) groups is 3. The Morgan fingerprint density at radius 3 is 2.49 bits per heavy atom. The van der Waals surface area contributed by atoms with Gasteiger partial charge in [0.05, 0.1) is 33.4 Å². The van der Waals surface area contributed by atoms with E-state index in [1.165, 1.54) is 27.4 Å². The largest absolute Gasteiger partial charge is 0.507 e. The lowest BCUT2D eigenvalue weighted by Crippen LogP contribution is -2.53. The van der Waals surface area contributed by atoms with E-state index >= 15 is 0 Å². The minimum absolute atomic E-state index is 0.0151. The third-order valence-electron chi connectivity index (χ3n) is 7.85. The van der Waals surface area contributed by atoms with Crippen LogP contribution < -0.4 is 18.9 Å². The topological polar surface area (TPSA) is 130 Å². The van der Waals surface area contributed by atoms with Crippen molar-refractivity contribution in [3.8, 4) is 23.0 Å². The third-order valence-corrected chi connectivity index (χ3v) is 8.21. The first-order chi connectivity index (χ1) is 20.7. The number of para-hydroxylation sites is 1. The maximum Gasteiger partial charge on any atom is 0.306 e. The van der Waals surface area contributed by atoms with Gasteiger partial charge in [0.1, 0.15) is 34.4 Å². The highest BCUT2D eigenvalue weighted by Gasteiger charge is 2.61. The molecule has 0 saturated heterocycles. The Morgan fingerprint density at radius 2 is 1.81 bits per heavy atom. The van der Waals surface area contributed by atoms with Crippen LogP contribution in [0.15, 0.2) is 66.1 Å². The summed E-state index contributed by atoms with van der Waals surface area (Å²) in [6, 6.07) is 13.7. The SMILES string of the molecule is COC(=O)C[C@@H](C1=C(O)[C@@]2(Oc3c(Cl)c(OC)cc(OC)c3C2=O)[C@H](C)CC1=O)c1ccccc1OCc1ccccn1. The number of allylic oxidation sites excluding steroid dienone is 1. The number of halogens is 1. The van der Waals surface area contributed by atoms with Gasteiger partial charge >= 0.3 is 5.97 Å². The second kappa shape index (κ2) is 12.0. The molecule has 2 heterocycles. The van der Waals surface area contributed by atoms with Crippen molar-refractivity contribution in [3.63, 3.8) is 0 Å². The molecule has 3 aromatic rings. The van der Waals surface area contributed by atoms with Crippen LogP contribution in [0.1, 0.15) is 47.3 Å². The second-order valence-corrected chi connectivity index (χ2v) is 10.6. The van der Waals surface area contributed by atoms with Crippen molar-refractivity contribution in [1.82, 2.24) is 4.98 Å². The smallest absolute Gasteiger partial charge is 0.306 e. The maximum atomic E-state index is 14.2. The van der Waals surface area contributed by atoms with Gasteiger partial charge in [0.2, 0.25) is 11.4 Å². The lowest BCUT2D eigenvalue weighted by atomic mass is 9.69. The molecule has 3 atom stereocenters. The molecule has 224 valence electrons. The second-order valence-electron chi connectivity index (χ2n) is 10.2. The molecule has 0 saturated carbocycles. The molecule has 0 unspecified atom stereocenters. The van der Waals surface area contributed by atoms with Gasteiger partial charge in [0, 0.05) is 41.7 Å². The summed E-state index contributed by atoms with van der Waals surface area (Å²) in [5, 5.41) is 12.0. The molecule has 0 fully saturated rings. The van der Waals surface area contributed by atoms with Crippen LogP contribution in [-0.2, 0) is 20.9 Å². The normalized spacial score (nSPS) is 20.0. The molecule has 1 aromatic heterocycles. The summed E-state index contributed by atoms with van der Waals surface area (Å²) in [6.45, 7) is 1.74. The summed E-state index contributed by atoms with van der Waals surface area (Å²) in [6.07, 6.45) is 1.15. The number of ether oxygens (including phenoxy) is 5. The molecule has 11 heteroatoms. The van der Waals surface area contributed by atoms with E-state index in [0.717, 1.165) is 0 Å². The molecular formula is C32H30ClNO9. The minimum atomic E-state index is -2.01. The van der Waals surface area contributed by atoms with Gasteiger partial charge in [-0.1, -0.05) is 42.8 Å². The summed E-state index contributed by atoms with van der Waals surface area (Å²) in [7, 11) is 4.01. The van der Waals surface area contributed by atoms with Gasteiger partial charge in [-0.25, -0.2) is 0 Å². The number of Topliss-reactive ketones (excluding diaryl/α,β-unsaturated/α-hetero) is 2. The average Bonchev–Trinajstić information content (AvgIpc) is 3.34. The number of nitrogens with zero attached hydrogens (tertiary/aromatic N) is 1. The van der Waals surface area contributed by atoms with Gasteiger partial charge in [0.15, 0.2) is 17.3 Å². The zero-order valence-electron chi connectivity index (χ0n) is 24.0. The van der Waals surface area contributed by atoms with Gasteiger partial charge in [-0.05, 0) is 18.2 Å². The van der Waals surface area contributed by atoms with Crippen LogP contribution in [0, 0.1) is 5.92 Å². The maximum absolute atomic E-state index is 14.2. The quantitative estimate of drug-likeness (QED) is 0.315. The first kappa shape index (κ1) is 29.9. The predicted octanol–water partition coefficient (Wildman–Crippen LogP) is 5.41. The Kier molecular flexibility index (Phi) is 8.32. The van der Waals surface area contributed by atoms with Crippen LogP contribution in [0.2, 0.25) is 5.02 Å². The van der Waals surface area contributed by atoms with Gasteiger partial charge in [-0.2, -0.15) is 0 Å². The molecule has 0 radical (unpaired) electrons. The predicted molar refractivity (Wildman–Crippen MR) is 155 cm³/mol. The molecule has 43 heavy (non-hydrogen) atoms. The fourth-order valence-electron chi connectivity index (χ4n) is 5.69. The van der Waals surface area contributed by atoms with E-state index < -0.39 is 40.7 Å². The number of hydrogen-bond acceptors (Lipinski definition) is 10. The highest BCUT2D eigenvalue weighted by molar-refractivity contribution is 6.35. The Bertz CT molecular complexity index is 1620. The number of hydrogen-bond donors (Lipinski definition) is 1. The number of aromatic nitrogens is 1. The van der Waals surface area contributed by atoms with Crippen molar-refractivity contribution in [3.05, 3.63) is 87.9 Å². The Morgan fingerprint density at radius 1 is 1.09 bits per heavy atom. The van der Waals surface area contributed by atoms with Crippen molar-refractivity contribution in [2.24, 2.45) is 5.92 Å². The number of rotatable bonds is 9. The number of esters is 1. The summed E-state index contributed by atoms with van der Waals surface area (Å²) in [5.74, 6) is -3.50. The first-order valence-electron chi connectivity index (χ1n) is 13.5.